The fraction of sp³-hybridized carbons (Fsp3) is 0.200. The normalized spacial score (nSPS) is 12.2. The molecule has 0 bridgehead atoms. The van der Waals surface area contributed by atoms with E-state index in [0.717, 1.165) is 21.3 Å². The summed E-state index contributed by atoms with van der Waals surface area (Å²) in [5, 5.41) is 10.2. The van der Waals surface area contributed by atoms with E-state index in [2.05, 4.69) is 15.9 Å². The van der Waals surface area contributed by atoms with Crippen LogP contribution in [0.2, 0.25) is 0 Å². The molecule has 0 aliphatic carbocycles. The number of hydrogen-bond donors (Lipinski definition) is 1. The van der Waals surface area contributed by atoms with Crippen molar-refractivity contribution in [2.45, 2.75) is 12.5 Å². The molecule has 1 N–H and O–H groups in total. The number of aliphatic hydroxyl groups is 1. The highest BCUT2D eigenvalue weighted by Crippen LogP contribution is 2.23. The van der Waals surface area contributed by atoms with Crippen LogP contribution < -0.4 is 4.74 Å². The van der Waals surface area contributed by atoms with Gasteiger partial charge in [0.15, 0.2) is 0 Å². The number of ether oxygens (including phenoxy) is 1. The lowest BCUT2D eigenvalue weighted by Gasteiger charge is -2.12. The van der Waals surface area contributed by atoms with Crippen LogP contribution in [0.15, 0.2) is 53.0 Å². The number of hydrogen-bond acceptors (Lipinski definition) is 2. The molecule has 0 amide bonds. The van der Waals surface area contributed by atoms with E-state index in [1.807, 2.05) is 48.5 Å². The molecule has 0 fully saturated rings. The SMILES string of the molecule is COc1cccc(C(O)Cc2ccc(Br)cc2)c1. The van der Waals surface area contributed by atoms with E-state index in [-0.39, 0.29) is 0 Å². The zero-order chi connectivity index (χ0) is 13.0. The van der Waals surface area contributed by atoms with Crippen LogP contribution in [0, 0.1) is 0 Å². The van der Waals surface area contributed by atoms with Crippen LogP contribution in [0.3, 0.4) is 0 Å². The molecule has 0 radical (unpaired) electrons. The summed E-state index contributed by atoms with van der Waals surface area (Å²) in [5.74, 6) is 0.766. The molecule has 0 aliphatic rings. The van der Waals surface area contributed by atoms with Gasteiger partial charge in [0.1, 0.15) is 5.75 Å². The topological polar surface area (TPSA) is 29.5 Å². The Bertz CT molecular complexity index is 508. The molecule has 2 rings (SSSR count). The second-order valence-corrected chi connectivity index (χ2v) is 5.04. The lowest BCUT2D eigenvalue weighted by atomic mass is 10.0. The van der Waals surface area contributed by atoms with Crippen LogP contribution in [0.1, 0.15) is 17.2 Å². The molecule has 1 unspecified atom stereocenters. The maximum absolute atomic E-state index is 10.2. The maximum Gasteiger partial charge on any atom is 0.119 e. The summed E-state index contributed by atoms with van der Waals surface area (Å²) < 4.78 is 6.20. The number of benzene rings is 2. The molecule has 2 aromatic rings. The van der Waals surface area contributed by atoms with E-state index < -0.39 is 6.10 Å². The summed E-state index contributed by atoms with van der Waals surface area (Å²) in [5.41, 5.74) is 1.98. The van der Waals surface area contributed by atoms with Gasteiger partial charge in [0.2, 0.25) is 0 Å². The van der Waals surface area contributed by atoms with E-state index in [0.29, 0.717) is 6.42 Å². The molecule has 2 nitrogen and oxygen atoms in total. The first-order valence-corrected chi connectivity index (χ1v) is 6.55. The second kappa shape index (κ2) is 6.03. The maximum atomic E-state index is 10.2. The molecule has 18 heavy (non-hydrogen) atoms. The number of aliphatic hydroxyl groups excluding tert-OH is 1. The smallest absolute Gasteiger partial charge is 0.119 e. The highest BCUT2D eigenvalue weighted by molar-refractivity contribution is 9.10. The third-order valence-corrected chi connectivity index (χ3v) is 3.35. The van der Waals surface area contributed by atoms with Crippen LogP contribution in [-0.2, 0) is 6.42 Å². The van der Waals surface area contributed by atoms with Crippen molar-refractivity contribution in [3.8, 4) is 5.75 Å². The van der Waals surface area contributed by atoms with Gasteiger partial charge in [-0.05, 0) is 35.4 Å². The fourth-order valence-corrected chi connectivity index (χ4v) is 2.07. The molecule has 0 saturated carbocycles. The monoisotopic (exact) mass is 306 g/mol. The van der Waals surface area contributed by atoms with Crippen LogP contribution in [-0.4, -0.2) is 12.2 Å². The first-order valence-electron chi connectivity index (χ1n) is 5.75. The Morgan fingerprint density at radius 3 is 2.56 bits per heavy atom. The summed E-state index contributed by atoms with van der Waals surface area (Å²) in [6.45, 7) is 0. The molecule has 3 heteroatoms. The lowest BCUT2D eigenvalue weighted by Crippen LogP contribution is -2.02. The lowest BCUT2D eigenvalue weighted by molar-refractivity contribution is 0.178. The summed E-state index contributed by atoms with van der Waals surface area (Å²) in [4.78, 5) is 0. The highest BCUT2D eigenvalue weighted by atomic mass is 79.9. The highest BCUT2D eigenvalue weighted by Gasteiger charge is 2.09. The van der Waals surface area contributed by atoms with Gasteiger partial charge in [-0.2, -0.15) is 0 Å². The quantitative estimate of drug-likeness (QED) is 0.932. The van der Waals surface area contributed by atoms with Gasteiger partial charge in [-0.25, -0.2) is 0 Å². The van der Waals surface area contributed by atoms with Crippen molar-refractivity contribution in [3.63, 3.8) is 0 Å². The van der Waals surface area contributed by atoms with Crippen molar-refractivity contribution < 1.29 is 9.84 Å². The van der Waals surface area contributed by atoms with Crippen molar-refractivity contribution in [1.82, 2.24) is 0 Å². The van der Waals surface area contributed by atoms with Crippen molar-refractivity contribution in [2.75, 3.05) is 7.11 Å². The average Bonchev–Trinajstić information content (AvgIpc) is 2.41. The van der Waals surface area contributed by atoms with Crippen molar-refractivity contribution in [3.05, 3.63) is 64.1 Å². The molecule has 94 valence electrons. The zero-order valence-corrected chi connectivity index (χ0v) is 11.7. The molecule has 2 aromatic carbocycles. The summed E-state index contributed by atoms with van der Waals surface area (Å²) >= 11 is 3.40. The van der Waals surface area contributed by atoms with Crippen molar-refractivity contribution in [1.29, 1.82) is 0 Å². The van der Waals surface area contributed by atoms with E-state index in [1.54, 1.807) is 7.11 Å². The van der Waals surface area contributed by atoms with Crippen LogP contribution >= 0.6 is 15.9 Å². The van der Waals surface area contributed by atoms with E-state index in [9.17, 15) is 5.11 Å². The number of rotatable bonds is 4. The molecular weight excluding hydrogens is 292 g/mol. The summed E-state index contributed by atoms with van der Waals surface area (Å²) in [6.07, 6.45) is 0.0850. The fourth-order valence-electron chi connectivity index (χ4n) is 1.81. The number of methoxy groups -OCH3 is 1. The third-order valence-electron chi connectivity index (χ3n) is 2.82. The standard InChI is InChI=1S/C15H15BrO2/c1-18-14-4-2-3-12(10-14)15(17)9-11-5-7-13(16)8-6-11/h2-8,10,15,17H,9H2,1H3. The van der Waals surface area contributed by atoms with Gasteiger partial charge in [0.25, 0.3) is 0 Å². The Morgan fingerprint density at radius 1 is 1.17 bits per heavy atom. The van der Waals surface area contributed by atoms with Gasteiger partial charge in [0.05, 0.1) is 13.2 Å². The predicted octanol–water partition coefficient (Wildman–Crippen LogP) is 3.73. The Labute approximate surface area is 115 Å². The minimum absolute atomic E-state index is 0.513. The third kappa shape index (κ3) is 3.34. The van der Waals surface area contributed by atoms with E-state index in [1.165, 1.54) is 0 Å². The van der Waals surface area contributed by atoms with Crippen LogP contribution in [0.5, 0.6) is 5.75 Å². The molecule has 0 aliphatic heterocycles. The molecule has 1 atom stereocenters. The van der Waals surface area contributed by atoms with Gasteiger partial charge < -0.3 is 9.84 Å². The Kier molecular flexibility index (Phi) is 4.39. The van der Waals surface area contributed by atoms with Crippen molar-refractivity contribution >= 4 is 15.9 Å². The average molecular weight is 307 g/mol. The van der Waals surface area contributed by atoms with Crippen LogP contribution in [0.25, 0.3) is 0 Å². The predicted molar refractivity (Wildman–Crippen MR) is 75.8 cm³/mol. The zero-order valence-electron chi connectivity index (χ0n) is 10.1. The van der Waals surface area contributed by atoms with Crippen molar-refractivity contribution in [2.24, 2.45) is 0 Å². The molecule has 0 spiro atoms. The molecule has 0 saturated heterocycles. The van der Waals surface area contributed by atoms with Gasteiger partial charge in [-0.3, -0.25) is 0 Å². The summed E-state index contributed by atoms with van der Waals surface area (Å²) in [6, 6.07) is 15.5. The van der Waals surface area contributed by atoms with E-state index >= 15 is 0 Å². The molecule has 0 aromatic heterocycles. The van der Waals surface area contributed by atoms with Gasteiger partial charge in [-0.1, -0.05) is 40.2 Å². The van der Waals surface area contributed by atoms with Gasteiger partial charge >= 0.3 is 0 Å². The largest absolute Gasteiger partial charge is 0.497 e. The minimum atomic E-state index is -0.513. The second-order valence-electron chi connectivity index (χ2n) is 4.12. The first-order chi connectivity index (χ1) is 8.69. The molecular formula is C15H15BrO2. The van der Waals surface area contributed by atoms with Crippen LogP contribution in [0.4, 0.5) is 0 Å². The number of halogens is 1. The Morgan fingerprint density at radius 2 is 1.89 bits per heavy atom. The Balaban J connectivity index is 2.11. The molecule has 0 heterocycles. The summed E-state index contributed by atoms with van der Waals surface area (Å²) in [7, 11) is 1.63. The Hall–Kier alpha value is -1.32. The minimum Gasteiger partial charge on any atom is -0.497 e. The van der Waals surface area contributed by atoms with Gasteiger partial charge in [0, 0.05) is 10.9 Å². The van der Waals surface area contributed by atoms with Gasteiger partial charge in [-0.15, -0.1) is 0 Å². The van der Waals surface area contributed by atoms with E-state index in [4.69, 9.17) is 4.74 Å². The first kappa shape index (κ1) is 13.1.